The first-order chi connectivity index (χ1) is 13.0. The molecule has 3 rings (SSSR count). The average Bonchev–Trinajstić information content (AvgIpc) is 2.63. The van der Waals surface area contributed by atoms with E-state index in [0.717, 1.165) is 11.3 Å². The highest BCUT2D eigenvalue weighted by atomic mass is 16.2. The third-order valence-electron chi connectivity index (χ3n) is 3.64. The van der Waals surface area contributed by atoms with E-state index >= 15 is 0 Å². The van der Waals surface area contributed by atoms with Gasteiger partial charge in [-0.15, -0.1) is 0 Å². The molecule has 0 radical (unpaired) electrons. The Morgan fingerprint density at radius 3 is 2.22 bits per heavy atom. The Hall–Kier alpha value is -3.74. The molecule has 0 atom stereocenters. The van der Waals surface area contributed by atoms with Gasteiger partial charge in [0.2, 0.25) is 5.91 Å². The second-order valence-corrected chi connectivity index (χ2v) is 5.99. The van der Waals surface area contributed by atoms with E-state index in [1.165, 1.54) is 19.3 Å². The van der Waals surface area contributed by atoms with Gasteiger partial charge in [0.15, 0.2) is 0 Å². The van der Waals surface area contributed by atoms with Crippen LogP contribution in [0.25, 0.3) is 0 Å². The van der Waals surface area contributed by atoms with Crippen LogP contribution in [0.4, 0.5) is 22.9 Å². The van der Waals surface area contributed by atoms with E-state index in [1.54, 1.807) is 12.1 Å². The number of anilines is 4. The summed E-state index contributed by atoms with van der Waals surface area (Å²) in [5.41, 5.74) is 3.49. The van der Waals surface area contributed by atoms with Crippen LogP contribution in [0.3, 0.4) is 0 Å². The molecule has 0 spiro atoms. The first kappa shape index (κ1) is 18.1. The standard InChI is InChI=1S/C20H19N5O2/c1-13-4-3-5-17(10-13)25-20(27)18-11-22-19(12-21-18)24-16-8-6-15(7-9-16)23-14(2)26/h3-12H,1-2H3,(H,22,24)(H,23,26)(H,25,27). The third-order valence-corrected chi connectivity index (χ3v) is 3.64. The van der Waals surface area contributed by atoms with Gasteiger partial charge < -0.3 is 16.0 Å². The number of hydrogen-bond donors (Lipinski definition) is 3. The summed E-state index contributed by atoms with van der Waals surface area (Å²) in [6, 6.07) is 14.7. The zero-order chi connectivity index (χ0) is 19.2. The number of benzene rings is 2. The van der Waals surface area contributed by atoms with E-state index in [-0.39, 0.29) is 17.5 Å². The molecule has 2 amide bonds. The van der Waals surface area contributed by atoms with Crippen LogP contribution in [0.2, 0.25) is 0 Å². The number of aromatic nitrogens is 2. The number of carbonyl (C=O) groups is 2. The van der Waals surface area contributed by atoms with Gasteiger partial charge in [-0.05, 0) is 48.9 Å². The SMILES string of the molecule is CC(=O)Nc1ccc(Nc2cnc(C(=O)Nc3cccc(C)c3)cn2)cc1. The smallest absolute Gasteiger partial charge is 0.275 e. The molecule has 0 unspecified atom stereocenters. The molecule has 136 valence electrons. The number of aryl methyl sites for hydroxylation is 1. The highest BCUT2D eigenvalue weighted by Gasteiger charge is 2.09. The van der Waals surface area contributed by atoms with E-state index in [2.05, 4.69) is 25.9 Å². The summed E-state index contributed by atoms with van der Waals surface area (Å²) in [5.74, 6) is 0.0646. The normalized spacial score (nSPS) is 10.1. The van der Waals surface area contributed by atoms with E-state index in [0.29, 0.717) is 17.2 Å². The van der Waals surface area contributed by atoms with Crippen LogP contribution in [-0.2, 0) is 4.79 Å². The lowest BCUT2D eigenvalue weighted by Gasteiger charge is -2.08. The molecule has 0 aliphatic rings. The van der Waals surface area contributed by atoms with Crippen molar-refractivity contribution in [2.45, 2.75) is 13.8 Å². The topological polar surface area (TPSA) is 96.0 Å². The zero-order valence-electron chi connectivity index (χ0n) is 15.0. The summed E-state index contributed by atoms with van der Waals surface area (Å²) >= 11 is 0. The van der Waals surface area contributed by atoms with Crippen molar-refractivity contribution < 1.29 is 9.59 Å². The minimum atomic E-state index is -0.320. The van der Waals surface area contributed by atoms with Crippen LogP contribution in [0, 0.1) is 6.92 Å². The van der Waals surface area contributed by atoms with Crippen molar-refractivity contribution in [3.8, 4) is 0 Å². The number of rotatable bonds is 5. The Kier molecular flexibility index (Phi) is 5.41. The molecule has 1 heterocycles. The van der Waals surface area contributed by atoms with Crippen molar-refractivity contribution in [3.05, 3.63) is 72.2 Å². The van der Waals surface area contributed by atoms with Gasteiger partial charge in [-0.25, -0.2) is 9.97 Å². The predicted molar refractivity (Wildman–Crippen MR) is 105 cm³/mol. The fourth-order valence-electron chi connectivity index (χ4n) is 2.42. The lowest BCUT2D eigenvalue weighted by Crippen LogP contribution is -2.14. The van der Waals surface area contributed by atoms with Crippen LogP contribution in [0.1, 0.15) is 23.0 Å². The molecular formula is C20H19N5O2. The molecule has 2 aromatic carbocycles. The van der Waals surface area contributed by atoms with Crippen molar-refractivity contribution >= 4 is 34.7 Å². The number of nitrogens with zero attached hydrogens (tertiary/aromatic N) is 2. The van der Waals surface area contributed by atoms with E-state index < -0.39 is 0 Å². The summed E-state index contributed by atoms with van der Waals surface area (Å²) in [5, 5.41) is 8.58. The summed E-state index contributed by atoms with van der Waals surface area (Å²) in [7, 11) is 0. The lowest BCUT2D eigenvalue weighted by molar-refractivity contribution is -0.114. The fourth-order valence-corrected chi connectivity index (χ4v) is 2.42. The first-order valence-corrected chi connectivity index (χ1v) is 8.34. The molecule has 0 saturated heterocycles. The van der Waals surface area contributed by atoms with Gasteiger partial charge >= 0.3 is 0 Å². The van der Waals surface area contributed by atoms with Gasteiger partial charge in [0.05, 0.1) is 12.4 Å². The van der Waals surface area contributed by atoms with Crippen molar-refractivity contribution in [2.24, 2.45) is 0 Å². The van der Waals surface area contributed by atoms with Crippen LogP contribution in [0.5, 0.6) is 0 Å². The Labute approximate surface area is 156 Å². The van der Waals surface area contributed by atoms with Gasteiger partial charge in [-0.1, -0.05) is 12.1 Å². The Morgan fingerprint density at radius 2 is 1.59 bits per heavy atom. The molecule has 0 aliphatic carbocycles. The van der Waals surface area contributed by atoms with Gasteiger partial charge in [-0.3, -0.25) is 9.59 Å². The van der Waals surface area contributed by atoms with Crippen molar-refractivity contribution in [3.63, 3.8) is 0 Å². The monoisotopic (exact) mass is 361 g/mol. The number of nitrogens with one attached hydrogen (secondary N) is 3. The molecule has 3 N–H and O–H groups in total. The summed E-state index contributed by atoms with van der Waals surface area (Å²) in [6.07, 6.45) is 2.91. The number of hydrogen-bond acceptors (Lipinski definition) is 5. The van der Waals surface area contributed by atoms with Crippen LogP contribution in [-0.4, -0.2) is 21.8 Å². The number of carbonyl (C=O) groups excluding carboxylic acids is 2. The first-order valence-electron chi connectivity index (χ1n) is 8.34. The quantitative estimate of drug-likeness (QED) is 0.643. The largest absolute Gasteiger partial charge is 0.339 e. The Morgan fingerprint density at radius 1 is 0.852 bits per heavy atom. The minimum Gasteiger partial charge on any atom is -0.339 e. The van der Waals surface area contributed by atoms with Crippen LogP contribution >= 0.6 is 0 Å². The molecule has 0 fully saturated rings. The predicted octanol–water partition coefficient (Wildman–Crippen LogP) is 3.74. The van der Waals surface area contributed by atoms with Crippen LogP contribution < -0.4 is 16.0 Å². The zero-order valence-corrected chi connectivity index (χ0v) is 15.0. The Bertz CT molecular complexity index is 953. The molecule has 0 bridgehead atoms. The van der Waals surface area contributed by atoms with Crippen molar-refractivity contribution in [2.75, 3.05) is 16.0 Å². The molecule has 1 aromatic heterocycles. The summed E-state index contributed by atoms with van der Waals surface area (Å²) < 4.78 is 0. The number of amides is 2. The van der Waals surface area contributed by atoms with Gasteiger partial charge in [0.25, 0.3) is 5.91 Å². The second kappa shape index (κ2) is 8.09. The minimum absolute atomic E-state index is 0.124. The van der Waals surface area contributed by atoms with Crippen LogP contribution in [0.15, 0.2) is 60.9 Å². The van der Waals surface area contributed by atoms with E-state index in [9.17, 15) is 9.59 Å². The summed E-state index contributed by atoms with van der Waals surface area (Å²) in [4.78, 5) is 31.7. The molecule has 7 heteroatoms. The van der Waals surface area contributed by atoms with Gasteiger partial charge in [-0.2, -0.15) is 0 Å². The van der Waals surface area contributed by atoms with Gasteiger partial charge in [0, 0.05) is 24.0 Å². The van der Waals surface area contributed by atoms with Crippen molar-refractivity contribution in [1.82, 2.24) is 9.97 Å². The Balaban J connectivity index is 1.62. The lowest BCUT2D eigenvalue weighted by atomic mass is 10.2. The fraction of sp³-hybridized carbons (Fsp3) is 0.100. The molecular weight excluding hydrogens is 342 g/mol. The van der Waals surface area contributed by atoms with Gasteiger partial charge in [0.1, 0.15) is 11.5 Å². The highest BCUT2D eigenvalue weighted by Crippen LogP contribution is 2.17. The average molecular weight is 361 g/mol. The molecule has 7 nitrogen and oxygen atoms in total. The van der Waals surface area contributed by atoms with E-state index in [4.69, 9.17) is 0 Å². The van der Waals surface area contributed by atoms with E-state index in [1.807, 2.05) is 43.3 Å². The maximum atomic E-state index is 12.3. The third kappa shape index (κ3) is 5.12. The maximum absolute atomic E-state index is 12.3. The molecule has 27 heavy (non-hydrogen) atoms. The molecule has 0 saturated carbocycles. The second-order valence-electron chi connectivity index (χ2n) is 5.99. The van der Waals surface area contributed by atoms with Crippen molar-refractivity contribution in [1.29, 1.82) is 0 Å². The maximum Gasteiger partial charge on any atom is 0.275 e. The molecule has 0 aliphatic heterocycles. The summed E-state index contributed by atoms with van der Waals surface area (Å²) in [6.45, 7) is 3.41. The highest BCUT2D eigenvalue weighted by molar-refractivity contribution is 6.02. The molecule has 3 aromatic rings.